The zero-order valence-corrected chi connectivity index (χ0v) is 23.1. The fraction of sp³-hybridized carbons (Fsp3) is 0.250. The Balaban J connectivity index is 1.71. The van der Waals surface area contributed by atoms with Gasteiger partial charge >= 0.3 is 0 Å². The lowest BCUT2D eigenvalue weighted by Crippen LogP contribution is -2.39. The summed E-state index contributed by atoms with van der Waals surface area (Å²) in [6.07, 6.45) is 1.41. The molecule has 10 nitrogen and oxygen atoms in total. The lowest BCUT2D eigenvalue weighted by molar-refractivity contribution is -0.123. The number of rotatable bonds is 12. The molecule has 0 aliphatic rings. The van der Waals surface area contributed by atoms with Crippen molar-refractivity contribution in [3.63, 3.8) is 0 Å². The van der Waals surface area contributed by atoms with E-state index in [2.05, 4.69) is 15.8 Å². The molecular weight excluding hydrogens is 520 g/mol. The molecule has 0 unspecified atom stereocenters. The molecule has 206 valence electrons. The summed E-state index contributed by atoms with van der Waals surface area (Å²) >= 11 is 0. The maximum Gasteiger partial charge on any atom is 0.264 e. The van der Waals surface area contributed by atoms with Crippen LogP contribution in [0.15, 0.2) is 82.8 Å². The zero-order chi connectivity index (χ0) is 28.4. The van der Waals surface area contributed by atoms with Crippen LogP contribution in [0.1, 0.15) is 25.0 Å². The largest absolute Gasteiger partial charge is 0.495 e. The monoisotopic (exact) mass is 552 g/mol. The molecule has 2 N–H and O–H groups in total. The van der Waals surface area contributed by atoms with Crippen LogP contribution in [-0.2, 0) is 19.6 Å². The average molecular weight is 553 g/mol. The van der Waals surface area contributed by atoms with Crippen LogP contribution in [0.5, 0.6) is 11.5 Å². The van der Waals surface area contributed by atoms with Crippen LogP contribution < -0.4 is 24.5 Å². The number of anilines is 1. The van der Waals surface area contributed by atoms with Crippen molar-refractivity contribution in [1.82, 2.24) is 10.7 Å². The highest BCUT2D eigenvalue weighted by Gasteiger charge is 2.29. The van der Waals surface area contributed by atoms with Gasteiger partial charge in [-0.15, -0.1) is 0 Å². The van der Waals surface area contributed by atoms with Gasteiger partial charge in [-0.25, -0.2) is 13.8 Å². The average Bonchev–Trinajstić information content (AvgIpc) is 2.91. The number of ether oxygens (including phenoxy) is 2. The van der Waals surface area contributed by atoms with Crippen LogP contribution >= 0.6 is 0 Å². The normalized spacial score (nSPS) is 11.3. The molecule has 0 bridgehead atoms. The van der Waals surface area contributed by atoms with Gasteiger partial charge < -0.3 is 14.8 Å². The van der Waals surface area contributed by atoms with E-state index < -0.39 is 22.5 Å². The van der Waals surface area contributed by atoms with Gasteiger partial charge in [0.15, 0.2) is 6.61 Å². The van der Waals surface area contributed by atoms with E-state index in [1.54, 1.807) is 60.7 Å². The van der Waals surface area contributed by atoms with E-state index in [0.29, 0.717) is 17.1 Å². The van der Waals surface area contributed by atoms with Crippen LogP contribution in [0.2, 0.25) is 0 Å². The Morgan fingerprint density at radius 1 is 1.00 bits per heavy atom. The number of methoxy groups -OCH3 is 1. The first-order chi connectivity index (χ1) is 18.6. The Morgan fingerprint density at radius 2 is 1.69 bits per heavy atom. The van der Waals surface area contributed by atoms with Crippen molar-refractivity contribution in [2.45, 2.75) is 31.7 Å². The highest BCUT2D eigenvalue weighted by molar-refractivity contribution is 7.92. The topological polar surface area (TPSA) is 126 Å². The highest BCUT2D eigenvalue weighted by atomic mass is 32.2. The predicted molar refractivity (Wildman–Crippen MR) is 150 cm³/mol. The first-order valence-corrected chi connectivity index (χ1v) is 13.6. The first kappa shape index (κ1) is 29.2. The highest BCUT2D eigenvalue weighted by Crippen LogP contribution is 2.33. The van der Waals surface area contributed by atoms with Gasteiger partial charge in [0.05, 0.1) is 23.9 Å². The van der Waals surface area contributed by atoms with Gasteiger partial charge in [0.2, 0.25) is 0 Å². The van der Waals surface area contributed by atoms with Gasteiger partial charge in [0, 0.05) is 6.04 Å². The molecule has 0 fully saturated rings. The third-order valence-corrected chi connectivity index (χ3v) is 7.10. The number of carbonyl (C=O) groups excluding carboxylic acids is 2. The second kappa shape index (κ2) is 13.4. The minimum absolute atomic E-state index is 0.0271. The molecule has 0 aliphatic carbocycles. The van der Waals surface area contributed by atoms with Crippen molar-refractivity contribution in [3.05, 3.63) is 83.9 Å². The van der Waals surface area contributed by atoms with Crippen LogP contribution in [-0.4, -0.2) is 52.8 Å². The summed E-state index contributed by atoms with van der Waals surface area (Å²) in [5, 5.41) is 6.70. The number of carbonyl (C=O) groups is 2. The van der Waals surface area contributed by atoms with E-state index in [4.69, 9.17) is 9.47 Å². The molecule has 3 rings (SSSR count). The van der Waals surface area contributed by atoms with Gasteiger partial charge in [-0.3, -0.25) is 13.9 Å². The quantitative estimate of drug-likeness (QED) is 0.262. The van der Waals surface area contributed by atoms with Crippen molar-refractivity contribution in [2.24, 2.45) is 5.10 Å². The molecule has 0 heterocycles. The summed E-state index contributed by atoms with van der Waals surface area (Å²) in [7, 11) is -2.67. The van der Waals surface area contributed by atoms with Crippen molar-refractivity contribution < 1.29 is 27.5 Å². The van der Waals surface area contributed by atoms with Gasteiger partial charge in [0.25, 0.3) is 21.8 Å². The van der Waals surface area contributed by atoms with Crippen molar-refractivity contribution in [3.8, 4) is 11.5 Å². The standard InChI is InChI=1S/C28H32N4O6S/c1-20(2)30-28(34)19-38-23-13-11-22(12-14-23)17-29-31-27(33)18-32(25-16-21(3)10-15-26(25)37-4)39(35,36)24-8-6-5-7-9-24/h5-17,20H,18-19H2,1-4H3,(H,30,34)(H,31,33)/b29-17-. The molecule has 11 heteroatoms. The zero-order valence-electron chi connectivity index (χ0n) is 22.2. The summed E-state index contributed by atoms with van der Waals surface area (Å²) in [5.74, 6) is -0.0558. The molecule has 0 aromatic heterocycles. The van der Waals surface area contributed by atoms with Crippen LogP contribution in [0, 0.1) is 6.92 Å². The number of nitrogens with one attached hydrogen (secondary N) is 2. The van der Waals surface area contributed by atoms with Crippen LogP contribution in [0.4, 0.5) is 5.69 Å². The summed E-state index contributed by atoms with van der Waals surface area (Å²) in [6.45, 7) is 4.92. The lowest BCUT2D eigenvalue weighted by atomic mass is 10.2. The van der Waals surface area contributed by atoms with E-state index >= 15 is 0 Å². The van der Waals surface area contributed by atoms with Crippen LogP contribution in [0.25, 0.3) is 0 Å². The number of nitrogens with zero attached hydrogens (tertiary/aromatic N) is 2. The maximum atomic E-state index is 13.5. The third-order valence-electron chi connectivity index (χ3n) is 5.32. The van der Waals surface area contributed by atoms with Crippen molar-refractivity contribution in [2.75, 3.05) is 24.6 Å². The number of aryl methyl sites for hydroxylation is 1. The number of benzene rings is 3. The second-order valence-corrected chi connectivity index (χ2v) is 10.7. The lowest BCUT2D eigenvalue weighted by Gasteiger charge is -2.25. The molecular formula is C28H32N4O6S. The molecule has 2 amide bonds. The Bertz CT molecular complexity index is 1410. The van der Waals surface area contributed by atoms with Crippen LogP contribution in [0.3, 0.4) is 0 Å². The molecule has 3 aromatic carbocycles. The molecule has 0 spiro atoms. The fourth-order valence-corrected chi connectivity index (χ4v) is 4.97. The Labute approximate surface area is 228 Å². The summed E-state index contributed by atoms with van der Waals surface area (Å²) in [4.78, 5) is 24.6. The summed E-state index contributed by atoms with van der Waals surface area (Å²) in [5.41, 5.74) is 4.07. The molecule has 0 radical (unpaired) electrons. The van der Waals surface area contributed by atoms with Gasteiger partial charge in [0.1, 0.15) is 18.0 Å². The second-order valence-electron chi connectivity index (χ2n) is 8.87. The van der Waals surface area contributed by atoms with E-state index in [-0.39, 0.29) is 29.1 Å². The predicted octanol–water partition coefficient (Wildman–Crippen LogP) is 3.25. The molecule has 39 heavy (non-hydrogen) atoms. The summed E-state index contributed by atoms with van der Waals surface area (Å²) in [6, 6.07) is 19.7. The summed E-state index contributed by atoms with van der Waals surface area (Å²) < 4.78 is 38.9. The minimum Gasteiger partial charge on any atom is -0.495 e. The number of hydrazone groups is 1. The number of hydrogen-bond acceptors (Lipinski definition) is 7. The minimum atomic E-state index is -4.10. The Morgan fingerprint density at radius 3 is 2.33 bits per heavy atom. The molecule has 0 atom stereocenters. The maximum absolute atomic E-state index is 13.5. The van der Waals surface area contributed by atoms with Gasteiger partial charge in [-0.2, -0.15) is 5.10 Å². The SMILES string of the molecule is COc1ccc(C)cc1N(CC(=O)N/N=C\c1ccc(OCC(=O)NC(C)C)cc1)S(=O)(=O)c1ccccc1. The van der Waals surface area contributed by atoms with Gasteiger partial charge in [-0.1, -0.05) is 24.3 Å². The van der Waals surface area contributed by atoms with Crippen molar-refractivity contribution >= 4 is 33.7 Å². The number of sulfonamides is 1. The first-order valence-electron chi connectivity index (χ1n) is 12.2. The van der Waals surface area contributed by atoms with Crippen molar-refractivity contribution in [1.29, 1.82) is 0 Å². The van der Waals surface area contributed by atoms with E-state index in [9.17, 15) is 18.0 Å². The molecule has 3 aromatic rings. The molecule has 0 saturated carbocycles. The Hall–Kier alpha value is -4.38. The number of hydrogen-bond donors (Lipinski definition) is 2. The fourth-order valence-electron chi connectivity index (χ4n) is 3.52. The van der Waals surface area contributed by atoms with Gasteiger partial charge in [-0.05, 0) is 80.4 Å². The molecule has 0 aliphatic heterocycles. The molecule has 0 saturated heterocycles. The third kappa shape index (κ3) is 8.30. The van der Waals surface area contributed by atoms with E-state index in [1.165, 1.54) is 25.5 Å². The Kier molecular flexibility index (Phi) is 10.0. The van der Waals surface area contributed by atoms with E-state index in [0.717, 1.165) is 9.87 Å². The van der Waals surface area contributed by atoms with E-state index in [1.807, 2.05) is 20.8 Å². The smallest absolute Gasteiger partial charge is 0.264 e. The number of amides is 2.